The first-order valence-electron chi connectivity index (χ1n) is 7.39. The third-order valence-electron chi connectivity index (χ3n) is 4.18. The van der Waals surface area contributed by atoms with E-state index in [4.69, 9.17) is 0 Å². The van der Waals surface area contributed by atoms with Crippen LogP contribution in [0.25, 0.3) is 0 Å². The molecule has 0 bridgehead atoms. The predicted molar refractivity (Wildman–Crippen MR) is 74.5 cm³/mol. The Bertz CT molecular complexity index is 369. The maximum absolute atomic E-state index is 12.7. The van der Waals surface area contributed by atoms with Crippen LogP contribution in [-0.2, 0) is 9.59 Å². The Morgan fingerprint density at radius 3 is 2.47 bits per heavy atom. The van der Waals surface area contributed by atoms with Crippen molar-refractivity contribution in [3.05, 3.63) is 0 Å². The quantitative estimate of drug-likeness (QED) is 0.848. The molecular weight excluding hydrogens is 240 g/mol. The Labute approximate surface area is 115 Å². The second kappa shape index (κ2) is 5.14. The van der Waals surface area contributed by atoms with Crippen molar-refractivity contribution in [2.75, 3.05) is 6.54 Å². The fourth-order valence-corrected chi connectivity index (χ4v) is 2.78. The van der Waals surface area contributed by atoms with Crippen molar-refractivity contribution in [1.82, 2.24) is 10.2 Å². The van der Waals surface area contributed by atoms with E-state index in [1.807, 2.05) is 25.7 Å². The fourth-order valence-electron chi connectivity index (χ4n) is 2.78. The molecule has 2 rings (SSSR count). The van der Waals surface area contributed by atoms with Crippen LogP contribution in [0, 0.1) is 11.3 Å². The van der Waals surface area contributed by atoms with Gasteiger partial charge in [-0.1, -0.05) is 33.6 Å². The Hall–Kier alpha value is -1.06. The average Bonchev–Trinajstić information content (AvgIpc) is 3.07. The van der Waals surface area contributed by atoms with Gasteiger partial charge in [-0.05, 0) is 24.7 Å². The molecule has 1 aliphatic heterocycles. The van der Waals surface area contributed by atoms with Gasteiger partial charge in [0.1, 0.15) is 6.04 Å². The fraction of sp³-hybridized carbons (Fsp3) is 0.867. The molecule has 2 aliphatic rings. The third kappa shape index (κ3) is 3.48. The molecule has 0 aromatic carbocycles. The molecule has 19 heavy (non-hydrogen) atoms. The number of nitrogens with zero attached hydrogens (tertiary/aromatic N) is 1. The number of hydrogen-bond donors (Lipinski definition) is 1. The minimum atomic E-state index is -0.399. The molecule has 2 unspecified atom stereocenters. The largest absolute Gasteiger partial charge is 0.344 e. The third-order valence-corrected chi connectivity index (χ3v) is 4.18. The van der Waals surface area contributed by atoms with Gasteiger partial charge in [0.05, 0.1) is 0 Å². The van der Waals surface area contributed by atoms with E-state index in [0.717, 1.165) is 12.3 Å². The minimum Gasteiger partial charge on any atom is -0.344 e. The number of nitrogens with one attached hydrogen (secondary N) is 1. The van der Waals surface area contributed by atoms with Gasteiger partial charge in [-0.2, -0.15) is 0 Å². The molecule has 1 aliphatic carbocycles. The van der Waals surface area contributed by atoms with Gasteiger partial charge < -0.3 is 10.2 Å². The molecule has 0 aromatic heterocycles. The number of amides is 2. The summed E-state index contributed by atoms with van der Waals surface area (Å²) in [5.41, 5.74) is -0.241. The molecule has 1 saturated heterocycles. The minimum absolute atomic E-state index is 0.00519. The van der Waals surface area contributed by atoms with E-state index in [9.17, 15) is 9.59 Å². The predicted octanol–water partition coefficient (Wildman–Crippen LogP) is 1.94. The zero-order valence-electron chi connectivity index (χ0n) is 12.5. The standard InChI is InChI=1S/C15H26N2O2/c1-10(9-11-5-6-11)17-8-7-12(18)16-13(14(17)19)15(2,3)4/h10-11,13H,5-9H2,1-4H3,(H,16,18). The first-order valence-corrected chi connectivity index (χ1v) is 7.39. The molecule has 0 radical (unpaired) electrons. The summed E-state index contributed by atoms with van der Waals surface area (Å²) >= 11 is 0. The van der Waals surface area contributed by atoms with E-state index in [1.165, 1.54) is 12.8 Å². The summed E-state index contributed by atoms with van der Waals surface area (Å²) in [6, 6.07) is -0.151. The average molecular weight is 266 g/mol. The van der Waals surface area contributed by atoms with E-state index >= 15 is 0 Å². The van der Waals surface area contributed by atoms with Crippen LogP contribution in [0.1, 0.15) is 53.4 Å². The molecule has 108 valence electrons. The van der Waals surface area contributed by atoms with Crippen LogP contribution >= 0.6 is 0 Å². The van der Waals surface area contributed by atoms with E-state index in [2.05, 4.69) is 12.2 Å². The highest BCUT2D eigenvalue weighted by atomic mass is 16.2. The summed E-state index contributed by atoms with van der Waals surface area (Å²) < 4.78 is 0. The van der Waals surface area contributed by atoms with Gasteiger partial charge in [0.15, 0.2) is 0 Å². The van der Waals surface area contributed by atoms with Crippen LogP contribution < -0.4 is 5.32 Å². The topological polar surface area (TPSA) is 49.4 Å². The lowest BCUT2D eigenvalue weighted by atomic mass is 9.85. The Morgan fingerprint density at radius 2 is 1.95 bits per heavy atom. The van der Waals surface area contributed by atoms with Gasteiger partial charge in [-0.15, -0.1) is 0 Å². The summed E-state index contributed by atoms with van der Waals surface area (Å²) in [4.78, 5) is 26.4. The zero-order chi connectivity index (χ0) is 14.2. The van der Waals surface area contributed by atoms with Crippen LogP contribution in [0.5, 0.6) is 0 Å². The van der Waals surface area contributed by atoms with E-state index in [-0.39, 0.29) is 23.3 Å². The molecule has 2 atom stereocenters. The van der Waals surface area contributed by atoms with E-state index in [1.54, 1.807) is 0 Å². The zero-order valence-corrected chi connectivity index (χ0v) is 12.5. The molecule has 0 aromatic rings. The Kier molecular flexibility index (Phi) is 3.88. The van der Waals surface area contributed by atoms with Gasteiger partial charge in [-0.25, -0.2) is 0 Å². The second-order valence-electron chi connectivity index (χ2n) is 7.18. The van der Waals surface area contributed by atoms with Crippen LogP contribution in [0.2, 0.25) is 0 Å². The van der Waals surface area contributed by atoms with Crippen LogP contribution in [-0.4, -0.2) is 35.3 Å². The van der Waals surface area contributed by atoms with E-state index in [0.29, 0.717) is 13.0 Å². The number of carbonyl (C=O) groups excluding carboxylic acids is 2. The van der Waals surface area contributed by atoms with Crippen molar-refractivity contribution < 1.29 is 9.59 Å². The van der Waals surface area contributed by atoms with Crippen molar-refractivity contribution in [1.29, 1.82) is 0 Å². The lowest BCUT2D eigenvalue weighted by Gasteiger charge is -2.35. The second-order valence-corrected chi connectivity index (χ2v) is 7.18. The van der Waals surface area contributed by atoms with Crippen molar-refractivity contribution in [3.63, 3.8) is 0 Å². The highest BCUT2D eigenvalue weighted by Gasteiger charge is 2.40. The monoisotopic (exact) mass is 266 g/mol. The normalized spacial score (nSPS) is 26.9. The smallest absolute Gasteiger partial charge is 0.245 e. The molecule has 2 amide bonds. The van der Waals surface area contributed by atoms with Gasteiger partial charge in [0.25, 0.3) is 0 Å². The van der Waals surface area contributed by atoms with E-state index < -0.39 is 6.04 Å². The summed E-state index contributed by atoms with van der Waals surface area (Å²) in [5.74, 6) is 0.878. The molecule has 0 spiro atoms. The highest BCUT2D eigenvalue weighted by molar-refractivity contribution is 5.90. The van der Waals surface area contributed by atoms with Crippen LogP contribution in [0.3, 0.4) is 0 Å². The molecule has 1 saturated carbocycles. The first kappa shape index (κ1) is 14.4. The number of hydrogen-bond acceptors (Lipinski definition) is 2. The Balaban J connectivity index is 2.12. The molecule has 2 fully saturated rings. The number of carbonyl (C=O) groups is 2. The molecular formula is C15H26N2O2. The van der Waals surface area contributed by atoms with Gasteiger partial charge in [0, 0.05) is 19.0 Å². The van der Waals surface area contributed by atoms with Crippen molar-refractivity contribution in [2.24, 2.45) is 11.3 Å². The van der Waals surface area contributed by atoms with Gasteiger partial charge in [-0.3, -0.25) is 9.59 Å². The maximum atomic E-state index is 12.7. The Morgan fingerprint density at radius 1 is 1.32 bits per heavy atom. The lowest BCUT2D eigenvalue weighted by molar-refractivity contribution is -0.138. The summed E-state index contributed by atoms with van der Waals surface area (Å²) in [7, 11) is 0. The maximum Gasteiger partial charge on any atom is 0.245 e. The SMILES string of the molecule is CC(CC1CC1)N1CCC(=O)NC(C(C)(C)C)C1=O. The van der Waals surface area contributed by atoms with Crippen LogP contribution in [0.4, 0.5) is 0 Å². The van der Waals surface area contributed by atoms with Crippen molar-refractivity contribution >= 4 is 11.8 Å². The summed E-state index contributed by atoms with van der Waals surface area (Å²) in [5, 5.41) is 2.89. The van der Waals surface area contributed by atoms with Gasteiger partial charge in [0.2, 0.25) is 11.8 Å². The molecule has 4 heteroatoms. The van der Waals surface area contributed by atoms with Crippen LogP contribution in [0.15, 0.2) is 0 Å². The van der Waals surface area contributed by atoms with Crippen molar-refractivity contribution in [2.45, 2.75) is 65.5 Å². The van der Waals surface area contributed by atoms with Gasteiger partial charge >= 0.3 is 0 Å². The highest BCUT2D eigenvalue weighted by Crippen LogP contribution is 2.35. The lowest BCUT2D eigenvalue weighted by Crippen LogP contribution is -2.53. The summed E-state index contributed by atoms with van der Waals surface area (Å²) in [6.07, 6.45) is 4.10. The molecule has 1 heterocycles. The first-order chi connectivity index (χ1) is 8.79. The molecule has 1 N–H and O–H groups in total. The molecule has 4 nitrogen and oxygen atoms in total. The van der Waals surface area contributed by atoms with Crippen molar-refractivity contribution in [3.8, 4) is 0 Å². The summed E-state index contributed by atoms with van der Waals surface area (Å²) in [6.45, 7) is 8.69. The number of rotatable bonds is 3.